The van der Waals surface area contributed by atoms with Crippen molar-refractivity contribution in [2.75, 3.05) is 11.5 Å². The Morgan fingerprint density at radius 3 is 2.89 bits per heavy atom. The SMILES string of the molecule is CC[C@]1(C)Cc2c(sc3nc(SC/C=C/c4ccccc4)nc(N)c23)CO1. The number of nitrogens with two attached hydrogens (primary N) is 1. The maximum absolute atomic E-state index is 6.33. The monoisotopic (exact) mass is 397 g/mol. The molecule has 27 heavy (non-hydrogen) atoms. The van der Waals surface area contributed by atoms with Crippen LogP contribution >= 0.6 is 23.1 Å². The molecule has 2 N–H and O–H groups in total. The lowest BCUT2D eigenvalue weighted by Gasteiger charge is -2.33. The largest absolute Gasteiger partial charge is 0.383 e. The van der Waals surface area contributed by atoms with Gasteiger partial charge in [-0.15, -0.1) is 11.3 Å². The second-order valence-electron chi connectivity index (χ2n) is 6.97. The third kappa shape index (κ3) is 3.88. The zero-order valence-electron chi connectivity index (χ0n) is 15.6. The van der Waals surface area contributed by atoms with E-state index >= 15 is 0 Å². The molecular weight excluding hydrogens is 374 g/mol. The van der Waals surface area contributed by atoms with Crippen LogP contribution in [0, 0.1) is 0 Å². The molecule has 0 radical (unpaired) electrons. The predicted molar refractivity (Wildman–Crippen MR) is 115 cm³/mol. The van der Waals surface area contributed by atoms with Crippen molar-refractivity contribution in [1.29, 1.82) is 0 Å². The second-order valence-corrected chi connectivity index (χ2v) is 9.04. The second kappa shape index (κ2) is 7.62. The molecule has 140 valence electrons. The molecule has 0 aliphatic carbocycles. The summed E-state index contributed by atoms with van der Waals surface area (Å²) in [5.41, 5.74) is 8.69. The summed E-state index contributed by atoms with van der Waals surface area (Å²) in [6, 6.07) is 10.3. The molecule has 6 heteroatoms. The topological polar surface area (TPSA) is 61.0 Å². The third-order valence-electron chi connectivity index (χ3n) is 5.01. The number of nitrogens with zero attached hydrogens (tertiary/aromatic N) is 2. The van der Waals surface area contributed by atoms with Crippen LogP contribution in [0.4, 0.5) is 5.82 Å². The number of nitrogen functional groups attached to an aromatic ring is 1. The summed E-state index contributed by atoms with van der Waals surface area (Å²) in [7, 11) is 0. The molecule has 1 atom stereocenters. The van der Waals surface area contributed by atoms with E-state index in [0.717, 1.165) is 34.0 Å². The maximum Gasteiger partial charge on any atom is 0.191 e. The van der Waals surface area contributed by atoms with Gasteiger partial charge in [0, 0.05) is 17.1 Å². The van der Waals surface area contributed by atoms with E-state index in [9.17, 15) is 0 Å². The predicted octanol–water partition coefficient (Wildman–Crippen LogP) is 5.32. The van der Waals surface area contributed by atoms with Crippen molar-refractivity contribution in [2.45, 2.75) is 44.1 Å². The number of aromatic nitrogens is 2. The van der Waals surface area contributed by atoms with Gasteiger partial charge in [0.15, 0.2) is 5.16 Å². The van der Waals surface area contributed by atoms with Crippen LogP contribution in [0.5, 0.6) is 0 Å². The summed E-state index contributed by atoms with van der Waals surface area (Å²) < 4.78 is 6.07. The van der Waals surface area contributed by atoms with Crippen molar-refractivity contribution in [3.63, 3.8) is 0 Å². The lowest BCUT2D eigenvalue weighted by molar-refractivity contribution is -0.0542. The van der Waals surface area contributed by atoms with E-state index < -0.39 is 0 Å². The molecule has 3 heterocycles. The van der Waals surface area contributed by atoms with Crippen molar-refractivity contribution in [3.8, 4) is 0 Å². The maximum atomic E-state index is 6.33. The van der Waals surface area contributed by atoms with Gasteiger partial charge in [0.1, 0.15) is 10.6 Å². The summed E-state index contributed by atoms with van der Waals surface area (Å²) in [5, 5.41) is 1.76. The molecule has 1 aliphatic heterocycles. The molecule has 4 nitrogen and oxygen atoms in total. The highest BCUT2D eigenvalue weighted by Gasteiger charge is 2.32. The number of rotatable bonds is 5. The minimum atomic E-state index is -0.122. The molecule has 0 saturated heterocycles. The van der Waals surface area contributed by atoms with Crippen molar-refractivity contribution in [1.82, 2.24) is 9.97 Å². The molecule has 0 amide bonds. The minimum absolute atomic E-state index is 0.122. The molecule has 1 aliphatic rings. The van der Waals surface area contributed by atoms with Crippen LogP contribution in [-0.4, -0.2) is 21.3 Å². The van der Waals surface area contributed by atoms with E-state index in [1.54, 1.807) is 23.1 Å². The molecule has 0 spiro atoms. The Morgan fingerprint density at radius 2 is 2.11 bits per heavy atom. The number of ether oxygens (including phenoxy) is 1. The van der Waals surface area contributed by atoms with E-state index in [1.807, 2.05) is 18.2 Å². The summed E-state index contributed by atoms with van der Waals surface area (Å²) >= 11 is 3.29. The first-order valence-electron chi connectivity index (χ1n) is 9.14. The normalized spacial score (nSPS) is 19.6. The standard InChI is InChI=1S/C21H23N3OS2/c1-3-21(2)12-15-16(13-25-21)27-19-17(15)18(22)23-20(24-19)26-11-7-10-14-8-5-4-6-9-14/h4-10H,3,11-13H2,1-2H3,(H2,22,23,24)/b10-7+/t21-/m1/s1. The van der Waals surface area contributed by atoms with Crippen molar-refractivity contribution in [2.24, 2.45) is 0 Å². The van der Waals surface area contributed by atoms with Gasteiger partial charge in [0.25, 0.3) is 0 Å². The fourth-order valence-corrected chi connectivity index (χ4v) is 5.07. The van der Waals surface area contributed by atoms with E-state index in [4.69, 9.17) is 15.5 Å². The Balaban J connectivity index is 1.54. The van der Waals surface area contributed by atoms with Gasteiger partial charge in [-0.3, -0.25) is 0 Å². The fraction of sp³-hybridized carbons (Fsp3) is 0.333. The molecule has 0 fully saturated rings. The van der Waals surface area contributed by atoms with Crippen LogP contribution in [0.15, 0.2) is 41.6 Å². The van der Waals surface area contributed by atoms with Crippen molar-refractivity contribution < 1.29 is 4.74 Å². The molecule has 3 aromatic rings. The summed E-state index contributed by atoms with van der Waals surface area (Å²) in [6.07, 6.45) is 6.09. The minimum Gasteiger partial charge on any atom is -0.383 e. The van der Waals surface area contributed by atoms with Gasteiger partial charge in [0.05, 0.1) is 17.6 Å². The van der Waals surface area contributed by atoms with Crippen LogP contribution in [0.25, 0.3) is 16.3 Å². The van der Waals surface area contributed by atoms with Gasteiger partial charge in [-0.05, 0) is 24.5 Å². The van der Waals surface area contributed by atoms with E-state index in [0.29, 0.717) is 12.4 Å². The Bertz CT molecular complexity index is 984. The Morgan fingerprint density at radius 1 is 1.30 bits per heavy atom. The number of fused-ring (bicyclic) bond motifs is 3. The number of benzene rings is 1. The number of thiophene rings is 1. The summed E-state index contributed by atoms with van der Waals surface area (Å²) in [5.74, 6) is 1.40. The molecule has 0 bridgehead atoms. The van der Waals surface area contributed by atoms with Crippen molar-refractivity contribution >= 4 is 45.2 Å². The Hall–Kier alpha value is -1.89. The number of hydrogen-bond donors (Lipinski definition) is 1. The van der Waals surface area contributed by atoms with Crippen molar-refractivity contribution in [3.05, 3.63) is 52.4 Å². The van der Waals surface area contributed by atoms with Crippen LogP contribution in [0.3, 0.4) is 0 Å². The third-order valence-corrected chi connectivity index (χ3v) is 6.91. The first kappa shape index (κ1) is 18.5. The number of thioether (sulfide) groups is 1. The molecule has 1 aromatic carbocycles. The van der Waals surface area contributed by atoms with Gasteiger partial charge in [-0.2, -0.15) is 0 Å². The van der Waals surface area contributed by atoms with Crippen LogP contribution < -0.4 is 5.73 Å². The van der Waals surface area contributed by atoms with Crippen LogP contribution in [0.1, 0.15) is 36.3 Å². The molecule has 2 aromatic heterocycles. The summed E-state index contributed by atoms with van der Waals surface area (Å²) in [6.45, 7) is 4.97. The molecular formula is C21H23N3OS2. The van der Waals surface area contributed by atoms with Crippen LogP contribution in [-0.2, 0) is 17.8 Å². The summed E-state index contributed by atoms with van der Waals surface area (Å²) in [4.78, 5) is 11.5. The number of hydrogen-bond acceptors (Lipinski definition) is 6. The molecule has 0 saturated carbocycles. The van der Waals surface area contributed by atoms with Gasteiger partial charge in [0.2, 0.25) is 0 Å². The highest BCUT2D eigenvalue weighted by atomic mass is 32.2. The van der Waals surface area contributed by atoms with Gasteiger partial charge in [-0.1, -0.05) is 61.2 Å². The highest BCUT2D eigenvalue weighted by molar-refractivity contribution is 7.99. The Labute approximate surface area is 167 Å². The van der Waals surface area contributed by atoms with Gasteiger partial charge in [-0.25, -0.2) is 9.97 Å². The van der Waals surface area contributed by atoms with Gasteiger partial charge < -0.3 is 10.5 Å². The first-order chi connectivity index (χ1) is 13.1. The Kier molecular flexibility index (Phi) is 5.21. The lowest BCUT2D eigenvalue weighted by Crippen LogP contribution is -2.33. The average Bonchev–Trinajstić information content (AvgIpc) is 3.04. The van der Waals surface area contributed by atoms with E-state index in [-0.39, 0.29) is 5.60 Å². The smallest absolute Gasteiger partial charge is 0.191 e. The first-order valence-corrected chi connectivity index (χ1v) is 10.9. The zero-order valence-corrected chi connectivity index (χ0v) is 17.2. The van der Waals surface area contributed by atoms with Gasteiger partial charge >= 0.3 is 0 Å². The van der Waals surface area contributed by atoms with E-state index in [2.05, 4.69) is 43.1 Å². The van der Waals surface area contributed by atoms with E-state index in [1.165, 1.54) is 16.0 Å². The lowest BCUT2D eigenvalue weighted by atomic mass is 9.90. The zero-order chi connectivity index (χ0) is 18.9. The molecule has 0 unspecified atom stereocenters. The average molecular weight is 398 g/mol. The quantitative estimate of drug-likeness (QED) is 0.466. The number of anilines is 1. The highest BCUT2D eigenvalue weighted by Crippen LogP contribution is 2.41. The fourth-order valence-electron chi connectivity index (χ4n) is 3.24. The van der Waals surface area contributed by atoms with Crippen LogP contribution in [0.2, 0.25) is 0 Å². The molecule has 4 rings (SSSR count).